The first-order chi connectivity index (χ1) is 14.0. The molecule has 1 atom stereocenters. The van der Waals surface area contributed by atoms with Crippen LogP contribution >= 0.6 is 0 Å². The van der Waals surface area contributed by atoms with Gasteiger partial charge < -0.3 is 9.42 Å². The standard InChI is InChI=1S/C24H27N3O2/c1-16(2)19-7-9-20(10-8-19)23-25-24(29-26-23)21-14-22(28)27(15-21)12-11-18-6-4-5-17(3)13-18/h4-10,13,16,21H,11-12,14-15H2,1-3H3. The molecule has 5 nitrogen and oxygen atoms in total. The van der Waals surface area contributed by atoms with Crippen molar-refractivity contribution in [3.05, 3.63) is 71.1 Å². The molecule has 1 amide bonds. The summed E-state index contributed by atoms with van der Waals surface area (Å²) in [4.78, 5) is 19.0. The van der Waals surface area contributed by atoms with E-state index in [0.29, 0.717) is 30.6 Å². The van der Waals surface area contributed by atoms with Crippen LogP contribution in [0.15, 0.2) is 53.1 Å². The molecule has 3 aromatic rings. The average Bonchev–Trinajstić information content (AvgIpc) is 3.33. The Labute approximate surface area is 171 Å². The molecule has 1 fully saturated rings. The second-order valence-corrected chi connectivity index (χ2v) is 8.21. The van der Waals surface area contributed by atoms with Gasteiger partial charge in [-0.1, -0.05) is 73.1 Å². The maximum absolute atomic E-state index is 12.5. The molecule has 1 unspecified atom stereocenters. The van der Waals surface area contributed by atoms with Crippen molar-refractivity contribution in [2.24, 2.45) is 0 Å². The molecular formula is C24H27N3O2. The lowest BCUT2D eigenvalue weighted by Gasteiger charge is -2.16. The number of benzene rings is 2. The first-order valence-electron chi connectivity index (χ1n) is 10.3. The zero-order valence-electron chi connectivity index (χ0n) is 17.3. The Kier molecular flexibility index (Phi) is 5.47. The number of hydrogen-bond acceptors (Lipinski definition) is 4. The molecule has 0 N–H and O–H groups in total. The lowest BCUT2D eigenvalue weighted by Crippen LogP contribution is -2.27. The number of nitrogens with zero attached hydrogens (tertiary/aromatic N) is 3. The first kappa shape index (κ1) is 19.4. The molecule has 0 radical (unpaired) electrons. The largest absolute Gasteiger partial charge is 0.342 e. The van der Waals surface area contributed by atoms with Crippen LogP contribution in [0, 0.1) is 6.92 Å². The molecule has 0 aliphatic carbocycles. The van der Waals surface area contributed by atoms with Gasteiger partial charge in [0.25, 0.3) is 0 Å². The molecule has 5 heteroatoms. The van der Waals surface area contributed by atoms with E-state index in [4.69, 9.17) is 4.52 Å². The Morgan fingerprint density at radius 3 is 2.69 bits per heavy atom. The number of carbonyl (C=O) groups excluding carboxylic acids is 1. The maximum Gasteiger partial charge on any atom is 0.232 e. The molecule has 2 aromatic carbocycles. The van der Waals surface area contributed by atoms with Gasteiger partial charge in [-0.3, -0.25) is 4.79 Å². The molecule has 29 heavy (non-hydrogen) atoms. The molecule has 150 valence electrons. The fraction of sp³-hybridized carbons (Fsp3) is 0.375. The highest BCUT2D eigenvalue weighted by atomic mass is 16.5. The van der Waals surface area contributed by atoms with Crippen LogP contribution in [0.4, 0.5) is 0 Å². The van der Waals surface area contributed by atoms with Crippen LogP contribution < -0.4 is 0 Å². The normalized spacial score (nSPS) is 16.8. The van der Waals surface area contributed by atoms with Crippen molar-refractivity contribution < 1.29 is 9.32 Å². The van der Waals surface area contributed by atoms with Gasteiger partial charge in [0.2, 0.25) is 17.6 Å². The highest BCUT2D eigenvalue weighted by molar-refractivity contribution is 5.79. The van der Waals surface area contributed by atoms with Gasteiger partial charge in [0.05, 0.1) is 5.92 Å². The van der Waals surface area contributed by atoms with Gasteiger partial charge >= 0.3 is 0 Å². The summed E-state index contributed by atoms with van der Waals surface area (Å²) in [7, 11) is 0. The Morgan fingerprint density at radius 1 is 1.17 bits per heavy atom. The van der Waals surface area contributed by atoms with Crippen molar-refractivity contribution in [1.82, 2.24) is 15.0 Å². The number of hydrogen-bond donors (Lipinski definition) is 0. The third-order valence-corrected chi connectivity index (χ3v) is 5.59. The van der Waals surface area contributed by atoms with Crippen molar-refractivity contribution in [3.63, 3.8) is 0 Å². The van der Waals surface area contributed by atoms with E-state index in [9.17, 15) is 4.79 Å². The summed E-state index contributed by atoms with van der Waals surface area (Å²) >= 11 is 0. The van der Waals surface area contributed by atoms with Gasteiger partial charge in [-0.05, 0) is 30.4 Å². The highest BCUT2D eigenvalue weighted by Gasteiger charge is 2.34. The minimum Gasteiger partial charge on any atom is -0.342 e. The van der Waals surface area contributed by atoms with Crippen molar-refractivity contribution in [2.45, 2.75) is 45.4 Å². The molecular weight excluding hydrogens is 362 g/mol. The number of aromatic nitrogens is 2. The van der Waals surface area contributed by atoms with Crippen molar-refractivity contribution >= 4 is 5.91 Å². The second-order valence-electron chi connectivity index (χ2n) is 8.21. The summed E-state index contributed by atoms with van der Waals surface area (Å²) in [5.74, 6) is 1.75. The minimum atomic E-state index is -0.0313. The van der Waals surface area contributed by atoms with E-state index in [1.807, 2.05) is 17.0 Å². The van der Waals surface area contributed by atoms with Gasteiger partial charge in [-0.2, -0.15) is 4.98 Å². The summed E-state index contributed by atoms with van der Waals surface area (Å²) < 4.78 is 5.52. The molecule has 1 aliphatic rings. The fourth-order valence-corrected chi connectivity index (χ4v) is 3.82. The van der Waals surface area contributed by atoms with E-state index in [1.165, 1.54) is 16.7 Å². The highest BCUT2D eigenvalue weighted by Crippen LogP contribution is 2.29. The van der Waals surface area contributed by atoms with E-state index in [1.54, 1.807) is 0 Å². The number of carbonyl (C=O) groups is 1. The number of aryl methyl sites for hydroxylation is 1. The van der Waals surface area contributed by atoms with Crippen LogP contribution in [0.3, 0.4) is 0 Å². The average molecular weight is 389 g/mol. The Morgan fingerprint density at radius 2 is 1.97 bits per heavy atom. The van der Waals surface area contributed by atoms with E-state index < -0.39 is 0 Å². The topological polar surface area (TPSA) is 59.2 Å². The first-order valence-corrected chi connectivity index (χ1v) is 10.3. The molecule has 0 spiro atoms. The van der Waals surface area contributed by atoms with Gasteiger partial charge in [0.1, 0.15) is 0 Å². The van der Waals surface area contributed by atoms with Gasteiger partial charge in [-0.25, -0.2) is 0 Å². The fourth-order valence-electron chi connectivity index (χ4n) is 3.82. The number of rotatable bonds is 6. The predicted molar refractivity (Wildman–Crippen MR) is 113 cm³/mol. The molecule has 1 saturated heterocycles. The zero-order valence-corrected chi connectivity index (χ0v) is 17.3. The SMILES string of the molecule is Cc1cccc(CCN2CC(c3nc(-c4ccc(C(C)C)cc4)no3)CC2=O)c1. The number of likely N-dealkylation sites (tertiary alicyclic amines) is 1. The van der Waals surface area contributed by atoms with Crippen LogP contribution in [-0.4, -0.2) is 34.0 Å². The molecule has 1 aliphatic heterocycles. The van der Waals surface area contributed by atoms with E-state index in [2.05, 4.69) is 67.3 Å². The lowest BCUT2D eigenvalue weighted by molar-refractivity contribution is -0.127. The van der Waals surface area contributed by atoms with E-state index >= 15 is 0 Å². The quantitative estimate of drug-likeness (QED) is 0.612. The Hall–Kier alpha value is -2.95. The molecule has 0 saturated carbocycles. The van der Waals surface area contributed by atoms with Crippen LogP contribution in [-0.2, 0) is 11.2 Å². The molecule has 0 bridgehead atoms. The molecule has 1 aromatic heterocycles. The lowest BCUT2D eigenvalue weighted by atomic mass is 10.0. The number of amides is 1. The molecule has 4 rings (SSSR count). The van der Waals surface area contributed by atoms with Crippen molar-refractivity contribution in [3.8, 4) is 11.4 Å². The minimum absolute atomic E-state index is 0.0313. The van der Waals surface area contributed by atoms with Crippen LogP contribution in [0.2, 0.25) is 0 Å². The zero-order chi connectivity index (χ0) is 20.4. The van der Waals surface area contributed by atoms with Gasteiger partial charge in [0.15, 0.2) is 0 Å². The Bertz CT molecular complexity index is 991. The van der Waals surface area contributed by atoms with Crippen LogP contribution in [0.5, 0.6) is 0 Å². The third-order valence-electron chi connectivity index (χ3n) is 5.59. The third kappa shape index (κ3) is 4.39. The smallest absolute Gasteiger partial charge is 0.232 e. The molecule has 2 heterocycles. The summed E-state index contributed by atoms with van der Waals surface area (Å²) in [6, 6.07) is 16.7. The monoisotopic (exact) mass is 389 g/mol. The van der Waals surface area contributed by atoms with Crippen LogP contribution in [0.1, 0.15) is 54.7 Å². The van der Waals surface area contributed by atoms with Gasteiger partial charge in [-0.15, -0.1) is 0 Å². The summed E-state index contributed by atoms with van der Waals surface area (Å²) in [5.41, 5.74) is 4.72. The van der Waals surface area contributed by atoms with E-state index in [0.717, 1.165) is 18.5 Å². The summed E-state index contributed by atoms with van der Waals surface area (Å²) in [5, 5.41) is 4.14. The second kappa shape index (κ2) is 8.19. The van der Waals surface area contributed by atoms with Crippen molar-refractivity contribution in [2.75, 3.05) is 13.1 Å². The summed E-state index contributed by atoms with van der Waals surface area (Å²) in [6.07, 6.45) is 1.29. The predicted octanol–water partition coefficient (Wildman–Crippen LogP) is 4.73. The Balaban J connectivity index is 1.40. The van der Waals surface area contributed by atoms with Crippen LogP contribution in [0.25, 0.3) is 11.4 Å². The maximum atomic E-state index is 12.5. The van der Waals surface area contributed by atoms with E-state index in [-0.39, 0.29) is 11.8 Å². The van der Waals surface area contributed by atoms with Gasteiger partial charge in [0, 0.05) is 25.1 Å². The summed E-state index contributed by atoms with van der Waals surface area (Å²) in [6.45, 7) is 7.78. The van der Waals surface area contributed by atoms with Crippen molar-refractivity contribution in [1.29, 1.82) is 0 Å².